The van der Waals surface area contributed by atoms with Crippen molar-refractivity contribution in [2.75, 3.05) is 44.7 Å². The van der Waals surface area contributed by atoms with E-state index in [4.69, 9.17) is 0 Å². The maximum Gasteiger partial charge on any atom is 0.242 e. The summed E-state index contributed by atoms with van der Waals surface area (Å²) in [7, 11) is 1.83. The molecule has 0 bridgehead atoms. The number of rotatable bonds is 5. The summed E-state index contributed by atoms with van der Waals surface area (Å²) < 4.78 is 13.7. The minimum atomic E-state index is -0.174. The minimum absolute atomic E-state index is 0.0682. The van der Waals surface area contributed by atoms with Gasteiger partial charge in [0.25, 0.3) is 0 Å². The first-order valence-electron chi connectivity index (χ1n) is 8.34. The van der Waals surface area contributed by atoms with Crippen molar-refractivity contribution < 1.29 is 9.18 Å². The Morgan fingerprint density at radius 3 is 2.64 bits per heavy atom. The highest BCUT2D eigenvalue weighted by Gasteiger charge is 2.22. The summed E-state index contributed by atoms with van der Waals surface area (Å²) in [6.07, 6.45) is 4.85. The van der Waals surface area contributed by atoms with Gasteiger partial charge in [-0.2, -0.15) is 0 Å². The van der Waals surface area contributed by atoms with Crippen LogP contribution in [-0.4, -0.2) is 65.4 Å². The van der Waals surface area contributed by atoms with Gasteiger partial charge < -0.3 is 9.80 Å². The third-order valence-corrected chi connectivity index (χ3v) is 4.39. The highest BCUT2D eigenvalue weighted by molar-refractivity contribution is 5.81. The molecular formula is C18H22FN5O. The summed E-state index contributed by atoms with van der Waals surface area (Å²) in [5.41, 5.74) is 0.699. The first-order chi connectivity index (χ1) is 12.1. The fraction of sp³-hybridized carbons (Fsp3) is 0.389. The molecule has 132 valence electrons. The standard InChI is InChI=1S/C18H22FN5O/c1-22(17-12-20-6-7-21-17)14-18(25)24-10-8-23(9-11-24)13-15-4-2-3-5-16(15)19/h2-7,12H,8-11,13-14H2,1H3. The molecule has 3 rings (SSSR count). The Bertz CT molecular complexity index is 704. The summed E-state index contributed by atoms with van der Waals surface area (Å²) in [4.78, 5) is 26.5. The summed E-state index contributed by atoms with van der Waals surface area (Å²) in [6, 6.07) is 6.84. The lowest BCUT2D eigenvalue weighted by Crippen LogP contribution is -2.50. The van der Waals surface area contributed by atoms with Crippen LogP contribution >= 0.6 is 0 Å². The van der Waals surface area contributed by atoms with Crippen LogP contribution in [0.4, 0.5) is 10.2 Å². The fourth-order valence-electron chi connectivity index (χ4n) is 2.90. The normalized spacial score (nSPS) is 15.2. The molecule has 0 aliphatic carbocycles. The van der Waals surface area contributed by atoms with Gasteiger partial charge >= 0.3 is 0 Å². The predicted molar refractivity (Wildman–Crippen MR) is 93.6 cm³/mol. The summed E-state index contributed by atoms with van der Waals surface area (Å²) in [5.74, 6) is 0.569. The lowest BCUT2D eigenvalue weighted by molar-refractivity contribution is -0.131. The molecule has 1 aliphatic heterocycles. The van der Waals surface area contributed by atoms with Gasteiger partial charge in [0, 0.05) is 57.7 Å². The molecule has 1 aliphatic rings. The SMILES string of the molecule is CN(CC(=O)N1CCN(Cc2ccccc2F)CC1)c1cnccn1. The van der Waals surface area contributed by atoms with E-state index in [0.29, 0.717) is 31.0 Å². The zero-order valence-corrected chi connectivity index (χ0v) is 14.3. The Kier molecular flexibility index (Phi) is 5.55. The fourth-order valence-corrected chi connectivity index (χ4v) is 2.90. The van der Waals surface area contributed by atoms with Crippen molar-refractivity contribution in [3.05, 3.63) is 54.2 Å². The number of hydrogen-bond acceptors (Lipinski definition) is 5. The average molecular weight is 343 g/mol. The van der Waals surface area contributed by atoms with E-state index in [2.05, 4.69) is 14.9 Å². The van der Waals surface area contributed by atoms with Gasteiger partial charge in [0.1, 0.15) is 11.6 Å². The van der Waals surface area contributed by atoms with Gasteiger partial charge in [0.2, 0.25) is 5.91 Å². The van der Waals surface area contributed by atoms with E-state index in [0.717, 1.165) is 13.1 Å². The van der Waals surface area contributed by atoms with Crippen LogP contribution in [-0.2, 0) is 11.3 Å². The highest BCUT2D eigenvalue weighted by Crippen LogP contribution is 2.13. The Morgan fingerprint density at radius 1 is 1.20 bits per heavy atom. The molecule has 0 saturated carbocycles. The number of halogens is 1. The summed E-state index contributed by atoms with van der Waals surface area (Å²) in [6.45, 7) is 3.65. The smallest absolute Gasteiger partial charge is 0.242 e. The number of benzene rings is 1. The highest BCUT2D eigenvalue weighted by atomic mass is 19.1. The third-order valence-electron chi connectivity index (χ3n) is 4.39. The molecule has 1 aromatic heterocycles. The van der Waals surface area contributed by atoms with Gasteiger partial charge in [-0.1, -0.05) is 18.2 Å². The van der Waals surface area contributed by atoms with Crippen molar-refractivity contribution in [2.24, 2.45) is 0 Å². The van der Waals surface area contributed by atoms with E-state index in [1.54, 1.807) is 29.6 Å². The Morgan fingerprint density at radius 2 is 1.96 bits per heavy atom. The Balaban J connectivity index is 1.48. The first kappa shape index (κ1) is 17.3. The van der Waals surface area contributed by atoms with Crippen LogP contribution in [0.1, 0.15) is 5.56 Å². The minimum Gasteiger partial charge on any atom is -0.349 e. The molecule has 6 nitrogen and oxygen atoms in total. The number of likely N-dealkylation sites (N-methyl/N-ethyl adjacent to an activating group) is 1. The van der Waals surface area contributed by atoms with Crippen molar-refractivity contribution >= 4 is 11.7 Å². The summed E-state index contributed by atoms with van der Waals surface area (Å²) >= 11 is 0. The zero-order chi connectivity index (χ0) is 17.6. The van der Waals surface area contributed by atoms with Crippen molar-refractivity contribution in [2.45, 2.75) is 6.54 Å². The molecule has 1 amide bonds. The van der Waals surface area contributed by atoms with Gasteiger partial charge in [0.05, 0.1) is 12.7 Å². The van der Waals surface area contributed by atoms with E-state index in [9.17, 15) is 9.18 Å². The molecule has 7 heteroatoms. The molecule has 0 atom stereocenters. The van der Waals surface area contributed by atoms with Crippen molar-refractivity contribution in [1.29, 1.82) is 0 Å². The van der Waals surface area contributed by atoms with Crippen molar-refractivity contribution in [3.63, 3.8) is 0 Å². The van der Waals surface area contributed by atoms with Gasteiger partial charge in [-0.25, -0.2) is 9.37 Å². The van der Waals surface area contributed by atoms with Crippen LogP contribution in [0.2, 0.25) is 0 Å². The molecule has 0 spiro atoms. The van der Waals surface area contributed by atoms with Crippen LogP contribution < -0.4 is 4.90 Å². The van der Waals surface area contributed by atoms with Gasteiger partial charge in [-0.3, -0.25) is 14.7 Å². The topological polar surface area (TPSA) is 52.6 Å². The number of amides is 1. The molecule has 25 heavy (non-hydrogen) atoms. The number of hydrogen-bond donors (Lipinski definition) is 0. The first-order valence-corrected chi connectivity index (χ1v) is 8.34. The molecule has 2 heterocycles. The monoisotopic (exact) mass is 343 g/mol. The van der Waals surface area contributed by atoms with Gasteiger partial charge in [0.15, 0.2) is 0 Å². The van der Waals surface area contributed by atoms with Gasteiger partial charge in [-0.15, -0.1) is 0 Å². The van der Waals surface area contributed by atoms with Crippen molar-refractivity contribution in [1.82, 2.24) is 19.8 Å². The lowest BCUT2D eigenvalue weighted by Gasteiger charge is -2.35. The van der Waals surface area contributed by atoms with E-state index < -0.39 is 0 Å². The average Bonchev–Trinajstić information content (AvgIpc) is 2.65. The second-order valence-corrected chi connectivity index (χ2v) is 6.17. The molecule has 0 unspecified atom stereocenters. The largest absolute Gasteiger partial charge is 0.349 e. The van der Waals surface area contributed by atoms with Gasteiger partial charge in [-0.05, 0) is 6.07 Å². The Hall–Kier alpha value is -2.54. The third kappa shape index (κ3) is 4.51. The van der Waals surface area contributed by atoms with Crippen LogP contribution in [0.15, 0.2) is 42.9 Å². The number of anilines is 1. The van der Waals surface area contributed by atoms with Crippen LogP contribution in [0.5, 0.6) is 0 Å². The lowest BCUT2D eigenvalue weighted by atomic mass is 10.2. The van der Waals surface area contributed by atoms with Crippen LogP contribution in [0.3, 0.4) is 0 Å². The second kappa shape index (κ2) is 8.02. The molecule has 1 saturated heterocycles. The number of piperazine rings is 1. The maximum absolute atomic E-state index is 13.7. The Labute approximate surface area is 146 Å². The molecule has 0 N–H and O–H groups in total. The van der Waals surface area contributed by atoms with E-state index in [1.807, 2.05) is 24.1 Å². The number of nitrogens with zero attached hydrogens (tertiary/aromatic N) is 5. The zero-order valence-electron chi connectivity index (χ0n) is 14.3. The molecule has 1 fully saturated rings. The van der Waals surface area contributed by atoms with Crippen LogP contribution in [0, 0.1) is 5.82 Å². The number of carbonyl (C=O) groups excluding carboxylic acids is 1. The number of carbonyl (C=O) groups is 1. The molecule has 1 aromatic carbocycles. The van der Waals surface area contributed by atoms with E-state index in [1.165, 1.54) is 6.07 Å². The quantitative estimate of drug-likeness (QED) is 0.821. The van der Waals surface area contributed by atoms with Crippen LogP contribution in [0.25, 0.3) is 0 Å². The summed E-state index contributed by atoms with van der Waals surface area (Å²) in [5, 5.41) is 0. The predicted octanol–water partition coefficient (Wildman–Crippen LogP) is 1.40. The molecular weight excluding hydrogens is 321 g/mol. The second-order valence-electron chi connectivity index (χ2n) is 6.17. The van der Waals surface area contributed by atoms with E-state index in [-0.39, 0.29) is 18.3 Å². The molecule has 0 radical (unpaired) electrons. The molecule has 2 aromatic rings. The van der Waals surface area contributed by atoms with E-state index >= 15 is 0 Å². The number of aromatic nitrogens is 2. The maximum atomic E-state index is 13.7. The van der Waals surface area contributed by atoms with Crippen molar-refractivity contribution in [3.8, 4) is 0 Å².